The molecule has 7 heteroatoms. The average molecular weight is 361 g/mol. The maximum atomic E-state index is 13.2. The Balaban J connectivity index is 1.93. The highest BCUT2D eigenvalue weighted by Crippen LogP contribution is 2.38. The molecule has 3 aromatic rings. The maximum absolute atomic E-state index is 13.2. The smallest absolute Gasteiger partial charge is 0.324 e. The summed E-state index contributed by atoms with van der Waals surface area (Å²) in [6.45, 7) is 1.95. The molecule has 0 saturated heterocycles. The Labute approximate surface area is 147 Å². The number of halogens is 3. The van der Waals surface area contributed by atoms with Crippen LogP contribution in [0.2, 0.25) is 0 Å². The standard InChI is InChI=1S/C18H14F3N3S/c1-12-7-9-13(10-8-12)23-17-22-11-15(18(19,20)21)16(24-17)25-14-5-3-2-4-6-14/h2-11H,1H3,(H,22,23,24). The molecule has 0 saturated carbocycles. The van der Waals surface area contributed by atoms with Crippen molar-refractivity contribution in [3.8, 4) is 0 Å². The molecule has 0 aliphatic heterocycles. The van der Waals surface area contributed by atoms with Gasteiger partial charge < -0.3 is 5.32 Å². The third-order valence-corrected chi connectivity index (χ3v) is 4.34. The fraction of sp³-hybridized carbons (Fsp3) is 0.111. The molecule has 0 aliphatic carbocycles. The van der Waals surface area contributed by atoms with E-state index >= 15 is 0 Å². The van der Waals surface area contributed by atoms with E-state index in [-0.39, 0.29) is 11.0 Å². The summed E-state index contributed by atoms with van der Waals surface area (Å²) in [6, 6.07) is 16.2. The lowest BCUT2D eigenvalue weighted by Gasteiger charge is -2.13. The predicted octanol–water partition coefficient (Wildman–Crippen LogP) is 5.70. The molecule has 0 fully saturated rings. The molecule has 1 aromatic heterocycles. The molecule has 1 heterocycles. The molecule has 25 heavy (non-hydrogen) atoms. The van der Waals surface area contributed by atoms with Gasteiger partial charge in [-0.05, 0) is 31.2 Å². The van der Waals surface area contributed by atoms with Crippen LogP contribution in [0.4, 0.5) is 24.8 Å². The van der Waals surface area contributed by atoms with Gasteiger partial charge in [-0.15, -0.1) is 0 Å². The summed E-state index contributed by atoms with van der Waals surface area (Å²) in [6.07, 6.45) is -3.70. The van der Waals surface area contributed by atoms with E-state index in [1.54, 1.807) is 30.3 Å². The summed E-state index contributed by atoms with van der Waals surface area (Å²) >= 11 is 0.957. The molecule has 0 aliphatic rings. The number of aryl methyl sites for hydroxylation is 1. The highest BCUT2D eigenvalue weighted by atomic mass is 32.2. The van der Waals surface area contributed by atoms with Gasteiger partial charge in [-0.3, -0.25) is 0 Å². The lowest BCUT2D eigenvalue weighted by molar-refractivity contribution is -0.140. The fourth-order valence-electron chi connectivity index (χ4n) is 2.06. The van der Waals surface area contributed by atoms with Crippen molar-refractivity contribution in [1.82, 2.24) is 9.97 Å². The zero-order valence-electron chi connectivity index (χ0n) is 13.2. The van der Waals surface area contributed by atoms with Gasteiger partial charge in [-0.25, -0.2) is 9.97 Å². The fourth-order valence-corrected chi connectivity index (χ4v) is 2.99. The Morgan fingerprint density at radius 1 is 0.960 bits per heavy atom. The van der Waals surface area contributed by atoms with Gasteiger partial charge in [0.25, 0.3) is 0 Å². The van der Waals surface area contributed by atoms with Crippen LogP contribution < -0.4 is 5.32 Å². The van der Waals surface area contributed by atoms with E-state index in [1.165, 1.54) is 0 Å². The van der Waals surface area contributed by atoms with Crippen molar-refractivity contribution in [2.24, 2.45) is 0 Å². The lowest BCUT2D eigenvalue weighted by Crippen LogP contribution is -2.10. The minimum atomic E-state index is -4.51. The largest absolute Gasteiger partial charge is 0.420 e. The number of benzene rings is 2. The monoisotopic (exact) mass is 361 g/mol. The van der Waals surface area contributed by atoms with Crippen molar-refractivity contribution >= 4 is 23.4 Å². The third kappa shape index (κ3) is 4.51. The predicted molar refractivity (Wildman–Crippen MR) is 92.1 cm³/mol. The Hall–Kier alpha value is -2.54. The average Bonchev–Trinajstić information content (AvgIpc) is 2.57. The molecule has 0 atom stereocenters. The molecule has 3 nitrogen and oxygen atoms in total. The molecule has 2 aromatic carbocycles. The SMILES string of the molecule is Cc1ccc(Nc2ncc(C(F)(F)F)c(Sc3ccccc3)n2)cc1. The Morgan fingerprint density at radius 3 is 2.28 bits per heavy atom. The van der Waals surface area contributed by atoms with Crippen LogP contribution in [0.15, 0.2) is 70.7 Å². The number of hydrogen-bond acceptors (Lipinski definition) is 4. The van der Waals surface area contributed by atoms with E-state index < -0.39 is 11.7 Å². The summed E-state index contributed by atoms with van der Waals surface area (Å²) < 4.78 is 39.7. The second-order valence-corrected chi connectivity index (χ2v) is 6.38. The van der Waals surface area contributed by atoms with Crippen LogP contribution in [-0.4, -0.2) is 9.97 Å². The van der Waals surface area contributed by atoms with Gasteiger partial charge in [-0.2, -0.15) is 13.2 Å². The van der Waals surface area contributed by atoms with Gasteiger partial charge in [0.15, 0.2) is 0 Å². The van der Waals surface area contributed by atoms with Gasteiger partial charge in [0, 0.05) is 16.8 Å². The van der Waals surface area contributed by atoms with E-state index in [1.807, 2.05) is 31.2 Å². The first-order chi connectivity index (χ1) is 11.9. The number of alkyl halides is 3. The van der Waals surface area contributed by atoms with Crippen LogP contribution in [0.5, 0.6) is 0 Å². The Morgan fingerprint density at radius 2 is 1.64 bits per heavy atom. The summed E-state index contributed by atoms with van der Waals surface area (Å²) in [4.78, 5) is 8.56. The maximum Gasteiger partial charge on any atom is 0.420 e. The molecule has 0 bridgehead atoms. The van der Waals surface area contributed by atoms with E-state index in [0.29, 0.717) is 10.6 Å². The summed E-state index contributed by atoms with van der Waals surface area (Å²) in [5.74, 6) is 0.121. The van der Waals surface area contributed by atoms with Crippen LogP contribution in [0.1, 0.15) is 11.1 Å². The molecule has 0 radical (unpaired) electrons. The number of anilines is 2. The van der Waals surface area contributed by atoms with Crippen LogP contribution in [0, 0.1) is 6.92 Å². The first-order valence-corrected chi connectivity index (χ1v) is 8.24. The van der Waals surface area contributed by atoms with Crippen LogP contribution in [-0.2, 0) is 6.18 Å². The molecule has 3 rings (SSSR count). The lowest BCUT2D eigenvalue weighted by atomic mass is 10.2. The number of rotatable bonds is 4. The van der Waals surface area contributed by atoms with Crippen molar-refractivity contribution < 1.29 is 13.2 Å². The van der Waals surface area contributed by atoms with Crippen LogP contribution in [0.25, 0.3) is 0 Å². The summed E-state index contributed by atoms with van der Waals surface area (Å²) in [7, 11) is 0. The summed E-state index contributed by atoms with van der Waals surface area (Å²) in [5.41, 5.74) is 0.941. The van der Waals surface area contributed by atoms with Crippen LogP contribution in [0.3, 0.4) is 0 Å². The van der Waals surface area contributed by atoms with Gasteiger partial charge in [0.2, 0.25) is 5.95 Å². The molecular formula is C18H14F3N3S. The van der Waals surface area contributed by atoms with E-state index in [2.05, 4.69) is 15.3 Å². The first kappa shape index (κ1) is 17.3. The van der Waals surface area contributed by atoms with Crippen molar-refractivity contribution in [2.45, 2.75) is 23.0 Å². The second kappa shape index (κ2) is 7.14. The van der Waals surface area contributed by atoms with Crippen molar-refractivity contribution in [3.05, 3.63) is 71.9 Å². The quantitative estimate of drug-likeness (QED) is 0.605. The Kier molecular flexibility index (Phi) is 4.94. The second-order valence-electron chi connectivity index (χ2n) is 5.32. The summed E-state index contributed by atoms with van der Waals surface area (Å²) in [5, 5.41) is 2.80. The van der Waals surface area contributed by atoms with E-state index in [4.69, 9.17) is 0 Å². The van der Waals surface area contributed by atoms with Gasteiger partial charge in [0.05, 0.1) is 0 Å². The van der Waals surface area contributed by atoms with Gasteiger partial charge >= 0.3 is 6.18 Å². The van der Waals surface area contributed by atoms with Gasteiger partial charge in [0.1, 0.15) is 10.6 Å². The number of hydrogen-bond donors (Lipinski definition) is 1. The third-order valence-electron chi connectivity index (χ3n) is 3.32. The minimum absolute atomic E-state index is 0.121. The number of nitrogens with one attached hydrogen (secondary N) is 1. The van der Waals surface area contributed by atoms with Crippen molar-refractivity contribution in [3.63, 3.8) is 0 Å². The number of nitrogens with zero attached hydrogens (tertiary/aromatic N) is 2. The molecule has 128 valence electrons. The molecule has 1 N–H and O–H groups in total. The highest BCUT2D eigenvalue weighted by Gasteiger charge is 2.35. The van der Waals surface area contributed by atoms with Crippen molar-refractivity contribution in [2.75, 3.05) is 5.32 Å². The Bertz CT molecular complexity index is 850. The highest BCUT2D eigenvalue weighted by molar-refractivity contribution is 7.99. The zero-order chi connectivity index (χ0) is 17.9. The first-order valence-electron chi connectivity index (χ1n) is 7.42. The van der Waals surface area contributed by atoms with E-state index in [9.17, 15) is 13.2 Å². The molecule has 0 unspecified atom stereocenters. The molecular weight excluding hydrogens is 347 g/mol. The topological polar surface area (TPSA) is 37.8 Å². The molecule has 0 amide bonds. The zero-order valence-corrected chi connectivity index (χ0v) is 14.0. The van der Waals surface area contributed by atoms with Crippen LogP contribution >= 0.6 is 11.8 Å². The van der Waals surface area contributed by atoms with Crippen molar-refractivity contribution in [1.29, 1.82) is 0 Å². The van der Waals surface area contributed by atoms with Gasteiger partial charge in [-0.1, -0.05) is 47.7 Å². The number of aromatic nitrogens is 2. The molecule has 0 spiro atoms. The normalized spacial score (nSPS) is 11.4. The van der Waals surface area contributed by atoms with E-state index in [0.717, 1.165) is 23.5 Å². The minimum Gasteiger partial charge on any atom is -0.324 e.